The van der Waals surface area contributed by atoms with Crippen LogP contribution in [0.2, 0.25) is 0 Å². The maximum atomic E-state index is 11.5. The molecule has 0 aliphatic heterocycles. The van der Waals surface area contributed by atoms with E-state index in [1.807, 2.05) is 54.6 Å². The molecule has 0 aromatic heterocycles. The van der Waals surface area contributed by atoms with Crippen LogP contribution in [-0.4, -0.2) is 0 Å². The van der Waals surface area contributed by atoms with Crippen LogP contribution in [0.15, 0.2) is 66.0 Å². The van der Waals surface area contributed by atoms with Gasteiger partial charge in [0.1, 0.15) is 0 Å². The maximum absolute atomic E-state index is 11.5. The number of rotatable bonds is 5. The molecule has 0 spiro atoms. The van der Waals surface area contributed by atoms with Gasteiger partial charge < -0.3 is 5.11 Å². The predicted molar refractivity (Wildman–Crippen MR) is 76.1 cm³/mol. The Morgan fingerprint density at radius 2 is 1.68 bits per heavy atom. The number of allylic oxidation sites excluding steroid dienone is 6. The molecule has 1 aromatic rings. The molecule has 2 rings (SSSR count). The third kappa shape index (κ3) is 8.58. The van der Waals surface area contributed by atoms with Crippen molar-refractivity contribution in [2.75, 3.05) is 0 Å². The smallest absolute Gasteiger partial charge is 0.875 e. The molecule has 0 saturated carbocycles. The minimum atomic E-state index is 0. The normalized spacial score (nSPS) is 11.7. The summed E-state index contributed by atoms with van der Waals surface area (Å²) in [5.41, 5.74) is 0.872. The largest absolute Gasteiger partial charge is 2.00 e. The molecule has 1 aliphatic carbocycles. The minimum absolute atomic E-state index is 0. The van der Waals surface area contributed by atoms with E-state index in [0.717, 1.165) is 12.0 Å². The Labute approximate surface area is 127 Å². The van der Waals surface area contributed by atoms with Crippen LogP contribution >= 0.6 is 0 Å². The summed E-state index contributed by atoms with van der Waals surface area (Å²) in [4.78, 5) is 0. The van der Waals surface area contributed by atoms with Gasteiger partial charge in [0, 0.05) is 0 Å². The summed E-state index contributed by atoms with van der Waals surface area (Å²) in [6, 6.07) is 10.0. The van der Waals surface area contributed by atoms with Gasteiger partial charge >= 0.3 is 17.1 Å². The van der Waals surface area contributed by atoms with E-state index >= 15 is 0 Å². The summed E-state index contributed by atoms with van der Waals surface area (Å²) in [7, 11) is 0. The third-order valence-electron chi connectivity index (χ3n) is 2.80. The molecule has 19 heavy (non-hydrogen) atoms. The van der Waals surface area contributed by atoms with Crippen molar-refractivity contribution in [3.05, 3.63) is 66.0 Å². The molecular weight excluding hydrogens is 276 g/mol. The van der Waals surface area contributed by atoms with Gasteiger partial charge in [0.25, 0.3) is 0 Å². The van der Waals surface area contributed by atoms with Gasteiger partial charge in [-0.15, -0.1) is 5.76 Å². The molecule has 0 amide bonds. The molecule has 0 atom stereocenters. The van der Waals surface area contributed by atoms with E-state index in [2.05, 4.69) is 6.92 Å². The molecular formula is C17H22FeO. The number of unbranched alkanes of at least 4 members (excludes halogenated alkanes) is 3. The van der Waals surface area contributed by atoms with Gasteiger partial charge in [0.05, 0.1) is 0 Å². The van der Waals surface area contributed by atoms with Crippen LogP contribution in [0.3, 0.4) is 0 Å². The van der Waals surface area contributed by atoms with Gasteiger partial charge in [-0.3, -0.25) is 0 Å². The van der Waals surface area contributed by atoms with Crippen molar-refractivity contribution >= 4 is 0 Å². The van der Waals surface area contributed by atoms with Gasteiger partial charge in [-0.05, 0) is 12.0 Å². The molecule has 1 aliphatic rings. The standard InChI is InChI=1S/C12H18O.C5H5.Fe/c1-2-3-4-5-10-12(13)11-8-6-7-9-11;1-2-4-5-3-1;/h6-9,13H,2-5,10H2,1H3;1-5H;/q;-1;+2/p-1. The van der Waals surface area contributed by atoms with Crippen LogP contribution in [0.25, 0.3) is 0 Å². The zero-order valence-corrected chi connectivity index (χ0v) is 12.6. The van der Waals surface area contributed by atoms with Gasteiger partial charge in [-0.1, -0.05) is 56.9 Å². The second-order valence-electron chi connectivity index (χ2n) is 4.37. The van der Waals surface area contributed by atoms with Crippen LogP contribution in [-0.2, 0) is 17.1 Å². The van der Waals surface area contributed by atoms with Crippen molar-refractivity contribution in [3.8, 4) is 0 Å². The van der Waals surface area contributed by atoms with Crippen LogP contribution < -0.4 is 5.11 Å². The van der Waals surface area contributed by atoms with Gasteiger partial charge in [-0.25, -0.2) is 12.1 Å². The van der Waals surface area contributed by atoms with E-state index in [1.54, 1.807) is 0 Å². The van der Waals surface area contributed by atoms with Crippen molar-refractivity contribution in [2.24, 2.45) is 0 Å². The van der Waals surface area contributed by atoms with E-state index in [-0.39, 0.29) is 17.1 Å². The minimum Gasteiger partial charge on any atom is -0.875 e. The van der Waals surface area contributed by atoms with Crippen LogP contribution in [0.4, 0.5) is 0 Å². The summed E-state index contributed by atoms with van der Waals surface area (Å²) in [5.74, 6) is 0.293. The Bertz CT molecular complexity index is 354. The fourth-order valence-electron chi connectivity index (χ4n) is 1.74. The first-order valence-electron chi connectivity index (χ1n) is 6.76. The molecule has 1 nitrogen and oxygen atoms in total. The maximum Gasteiger partial charge on any atom is 2.00 e. The SMILES string of the molecule is CCCCCCC([O-])=C1C=CC=C1.[Fe+2].c1cc[cH-]c1. The first-order chi connectivity index (χ1) is 8.84. The van der Waals surface area contributed by atoms with Crippen molar-refractivity contribution < 1.29 is 22.2 Å². The zero-order chi connectivity index (χ0) is 13.1. The second kappa shape index (κ2) is 12.0. The summed E-state index contributed by atoms with van der Waals surface area (Å²) in [6.45, 7) is 2.18. The Hall–Kier alpha value is -1.11. The van der Waals surface area contributed by atoms with Crippen molar-refractivity contribution in [1.82, 2.24) is 0 Å². The van der Waals surface area contributed by atoms with E-state index in [4.69, 9.17) is 0 Å². The van der Waals surface area contributed by atoms with Crippen molar-refractivity contribution in [3.63, 3.8) is 0 Å². The van der Waals surface area contributed by atoms with Crippen molar-refractivity contribution in [2.45, 2.75) is 39.0 Å². The van der Waals surface area contributed by atoms with Gasteiger partial charge in [0.2, 0.25) is 0 Å². The van der Waals surface area contributed by atoms with Crippen LogP contribution in [0.5, 0.6) is 0 Å². The molecule has 1 aromatic carbocycles. The van der Waals surface area contributed by atoms with E-state index < -0.39 is 0 Å². The Kier molecular flexibility index (Phi) is 11.3. The average molecular weight is 298 g/mol. The molecule has 0 fully saturated rings. The molecule has 0 unspecified atom stereocenters. The Morgan fingerprint density at radius 3 is 2.16 bits per heavy atom. The summed E-state index contributed by atoms with van der Waals surface area (Å²) in [5, 5.41) is 11.5. The molecule has 104 valence electrons. The van der Waals surface area contributed by atoms with Crippen LogP contribution in [0.1, 0.15) is 39.0 Å². The van der Waals surface area contributed by atoms with Gasteiger partial charge in [-0.2, -0.15) is 18.2 Å². The quantitative estimate of drug-likeness (QED) is 0.347. The van der Waals surface area contributed by atoms with E-state index in [0.29, 0.717) is 12.2 Å². The fourth-order valence-corrected chi connectivity index (χ4v) is 1.74. The molecule has 0 radical (unpaired) electrons. The van der Waals surface area contributed by atoms with Gasteiger partial charge in [0.15, 0.2) is 0 Å². The van der Waals surface area contributed by atoms with Crippen molar-refractivity contribution in [1.29, 1.82) is 0 Å². The Morgan fingerprint density at radius 1 is 1.05 bits per heavy atom. The first kappa shape index (κ1) is 17.9. The van der Waals surface area contributed by atoms with E-state index in [9.17, 15) is 5.11 Å². The van der Waals surface area contributed by atoms with Crippen LogP contribution in [0, 0.1) is 0 Å². The molecule has 0 N–H and O–H groups in total. The second-order valence-corrected chi connectivity index (χ2v) is 4.37. The summed E-state index contributed by atoms with van der Waals surface area (Å²) in [6.07, 6.45) is 13.0. The average Bonchev–Trinajstić information content (AvgIpc) is 3.09. The van der Waals surface area contributed by atoms with E-state index in [1.165, 1.54) is 19.3 Å². The zero-order valence-electron chi connectivity index (χ0n) is 11.5. The summed E-state index contributed by atoms with van der Waals surface area (Å²) < 4.78 is 0. The Balaban J connectivity index is 0.000000454. The topological polar surface area (TPSA) is 23.1 Å². The number of hydrogen-bond acceptors (Lipinski definition) is 1. The fraction of sp³-hybridized carbons (Fsp3) is 0.353. The predicted octanol–water partition coefficient (Wildman–Crippen LogP) is 4.10. The molecule has 0 saturated heterocycles. The molecule has 0 bridgehead atoms. The number of hydrogen-bond donors (Lipinski definition) is 0. The first-order valence-corrected chi connectivity index (χ1v) is 6.76. The monoisotopic (exact) mass is 298 g/mol. The molecule has 2 heteroatoms. The third-order valence-corrected chi connectivity index (χ3v) is 2.80. The molecule has 0 heterocycles. The summed E-state index contributed by atoms with van der Waals surface area (Å²) >= 11 is 0.